The molecule has 0 aromatic rings. The van der Waals surface area contributed by atoms with Gasteiger partial charge in [-0.15, -0.1) is 0 Å². The number of hydrogen-bond acceptors (Lipinski definition) is 6. The summed E-state index contributed by atoms with van der Waals surface area (Å²) < 4.78 is 5.86. The van der Waals surface area contributed by atoms with Crippen LogP contribution in [0.3, 0.4) is 0 Å². The summed E-state index contributed by atoms with van der Waals surface area (Å²) in [6.07, 6.45) is 1.61. The molecule has 5 unspecified atom stereocenters. The van der Waals surface area contributed by atoms with Gasteiger partial charge in [0.05, 0.1) is 36.9 Å². The molecule has 0 aromatic carbocycles. The molecular formula is C28H48O6. The largest absolute Gasteiger partial charge is 0.465 e. The number of carbonyl (C=O) groups is 1. The van der Waals surface area contributed by atoms with Crippen LogP contribution in [-0.2, 0) is 9.53 Å². The smallest absolute Gasteiger partial charge is 0.309 e. The number of cyclic esters (lactones) is 1. The van der Waals surface area contributed by atoms with E-state index in [1.54, 1.807) is 0 Å². The number of esters is 1. The quantitative estimate of drug-likeness (QED) is 0.450. The Balaban J connectivity index is 1.58. The lowest BCUT2D eigenvalue weighted by Gasteiger charge is -2.56. The molecule has 0 spiro atoms. The van der Waals surface area contributed by atoms with E-state index in [1.165, 1.54) is 0 Å². The lowest BCUT2D eigenvalue weighted by Crippen LogP contribution is -2.55. The van der Waals surface area contributed by atoms with Crippen molar-refractivity contribution in [2.75, 3.05) is 6.61 Å². The normalized spacial score (nSPS) is 48.1. The first-order valence-electron chi connectivity index (χ1n) is 13.7. The molecule has 3 saturated carbocycles. The minimum Gasteiger partial charge on any atom is -0.465 e. The van der Waals surface area contributed by atoms with Crippen molar-refractivity contribution in [1.29, 1.82) is 0 Å². The molecule has 3 aliphatic carbocycles. The van der Waals surface area contributed by atoms with Crippen molar-refractivity contribution < 1.29 is 30.0 Å². The summed E-state index contributed by atoms with van der Waals surface area (Å²) in [5.74, 6) is 0.948. The van der Waals surface area contributed by atoms with Crippen LogP contribution in [0, 0.1) is 58.2 Å². The molecular weight excluding hydrogens is 432 g/mol. The number of ether oxygens (including phenoxy) is 1. The van der Waals surface area contributed by atoms with Crippen molar-refractivity contribution in [2.45, 2.75) is 104 Å². The van der Waals surface area contributed by atoms with Gasteiger partial charge in [-0.2, -0.15) is 0 Å². The summed E-state index contributed by atoms with van der Waals surface area (Å²) in [5, 5.41) is 42.9. The highest BCUT2D eigenvalue weighted by molar-refractivity contribution is 5.74. The van der Waals surface area contributed by atoms with E-state index in [1.807, 2.05) is 6.92 Å². The zero-order valence-electron chi connectivity index (χ0n) is 22.0. The Kier molecular flexibility index (Phi) is 7.23. The summed E-state index contributed by atoms with van der Waals surface area (Å²) >= 11 is 0. The molecule has 0 aromatic heterocycles. The fourth-order valence-corrected chi connectivity index (χ4v) is 8.95. The molecule has 0 radical (unpaired) electrons. The zero-order chi connectivity index (χ0) is 25.2. The lowest BCUT2D eigenvalue weighted by molar-refractivity contribution is -0.162. The highest BCUT2D eigenvalue weighted by Crippen LogP contribution is 2.66. The Morgan fingerprint density at radius 2 is 1.56 bits per heavy atom. The Morgan fingerprint density at radius 1 is 0.912 bits per heavy atom. The maximum atomic E-state index is 13.0. The zero-order valence-corrected chi connectivity index (χ0v) is 22.0. The van der Waals surface area contributed by atoms with Crippen LogP contribution in [0.25, 0.3) is 0 Å². The van der Waals surface area contributed by atoms with Crippen LogP contribution in [0.5, 0.6) is 0 Å². The van der Waals surface area contributed by atoms with Gasteiger partial charge in [0, 0.05) is 0 Å². The molecule has 0 amide bonds. The Labute approximate surface area is 205 Å². The Bertz CT molecular complexity index is 755. The molecule has 196 valence electrons. The molecule has 4 fully saturated rings. The number of rotatable bonds is 5. The van der Waals surface area contributed by atoms with E-state index in [2.05, 4.69) is 34.6 Å². The molecule has 34 heavy (non-hydrogen) atoms. The summed E-state index contributed by atoms with van der Waals surface area (Å²) in [4.78, 5) is 13.0. The highest BCUT2D eigenvalue weighted by Gasteiger charge is 2.63. The predicted octanol–water partition coefficient (Wildman–Crippen LogP) is 3.39. The van der Waals surface area contributed by atoms with E-state index in [4.69, 9.17) is 4.74 Å². The molecule has 6 heteroatoms. The minimum absolute atomic E-state index is 0.00827. The van der Waals surface area contributed by atoms with E-state index in [0.717, 1.165) is 25.7 Å². The minimum atomic E-state index is -0.867. The van der Waals surface area contributed by atoms with E-state index >= 15 is 0 Å². The topological polar surface area (TPSA) is 107 Å². The number of fused-ring (bicyclic) bond motifs is 5. The van der Waals surface area contributed by atoms with Gasteiger partial charge in [0.25, 0.3) is 0 Å². The summed E-state index contributed by atoms with van der Waals surface area (Å²) in [6.45, 7) is 13.2. The third kappa shape index (κ3) is 4.05. The molecule has 0 bridgehead atoms. The first kappa shape index (κ1) is 26.4. The van der Waals surface area contributed by atoms with Gasteiger partial charge in [-0.05, 0) is 90.8 Å². The molecule has 4 N–H and O–H groups in total. The van der Waals surface area contributed by atoms with E-state index < -0.39 is 24.4 Å². The van der Waals surface area contributed by atoms with E-state index in [-0.39, 0.29) is 52.8 Å². The fraction of sp³-hybridized carbons (Fsp3) is 0.964. The average Bonchev–Trinajstić information content (AvgIpc) is 3.09. The standard InChI is InChI=1S/C28H48O6/c1-14(2)15(3)24(31)25(32)16(4)18-7-8-19-17-13-34-26(33)21-11-22(29)23(30)12-28(21,6)20(17)9-10-27(18,19)5/h14-25,29-32H,7-13H2,1-6H3/t15-,16-,17?,18?,19?,20?,21?,22-,23+,24+,25+,27+,28+/m0/s1. The van der Waals surface area contributed by atoms with Crippen molar-refractivity contribution >= 4 is 5.97 Å². The van der Waals surface area contributed by atoms with Gasteiger partial charge in [-0.3, -0.25) is 4.79 Å². The second-order valence-corrected chi connectivity index (χ2v) is 13.3. The van der Waals surface area contributed by atoms with Gasteiger partial charge in [-0.1, -0.05) is 41.5 Å². The third-order valence-electron chi connectivity index (χ3n) is 11.5. The Hall–Kier alpha value is -0.690. The SMILES string of the molecule is CC(C)[C@H](C)[C@@H](O)[C@H](O)[C@@H](C)C1CCC2C3COC(=O)C4C[C@H](O)[C@H](O)C[C@]4(C)C3CC[C@@]21C. The molecule has 1 heterocycles. The van der Waals surface area contributed by atoms with Crippen LogP contribution < -0.4 is 0 Å². The summed E-state index contributed by atoms with van der Waals surface area (Å²) in [7, 11) is 0. The molecule has 4 rings (SSSR count). The van der Waals surface area contributed by atoms with E-state index in [9.17, 15) is 25.2 Å². The summed E-state index contributed by atoms with van der Waals surface area (Å²) in [5.41, 5.74) is -0.345. The highest BCUT2D eigenvalue weighted by atomic mass is 16.5. The average molecular weight is 481 g/mol. The number of aliphatic hydroxyl groups excluding tert-OH is 4. The first-order valence-corrected chi connectivity index (χ1v) is 13.7. The van der Waals surface area contributed by atoms with Crippen molar-refractivity contribution in [3.8, 4) is 0 Å². The van der Waals surface area contributed by atoms with Crippen LogP contribution in [-0.4, -0.2) is 57.4 Å². The van der Waals surface area contributed by atoms with Crippen LogP contribution in [0.1, 0.15) is 80.1 Å². The molecule has 1 aliphatic heterocycles. The van der Waals surface area contributed by atoms with E-state index in [0.29, 0.717) is 30.8 Å². The van der Waals surface area contributed by atoms with Gasteiger partial charge in [0.1, 0.15) is 0 Å². The number of aliphatic hydroxyl groups is 4. The van der Waals surface area contributed by atoms with Crippen molar-refractivity contribution in [1.82, 2.24) is 0 Å². The monoisotopic (exact) mass is 480 g/mol. The fourth-order valence-electron chi connectivity index (χ4n) is 8.95. The Morgan fingerprint density at radius 3 is 2.21 bits per heavy atom. The van der Waals surface area contributed by atoms with Crippen LogP contribution in [0.4, 0.5) is 0 Å². The van der Waals surface area contributed by atoms with Gasteiger partial charge < -0.3 is 25.2 Å². The molecule has 13 atom stereocenters. The third-order valence-corrected chi connectivity index (χ3v) is 11.5. The predicted molar refractivity (Wildman–Crippen MR) is 130 cm³/mol. The maximum absolute atomic E-state index is 13.0. The van der Waals surface area contributed by atoms with Crippen molar-refractivity contribution in [3.05, 3.63) is 0 Å². The van der Waals surface area contributed by atoms with Gasteiger partial charge in [-0.25, -0.2) is 0 Å². The second-order valence-electron chi connectivity index (χ2n) is 13.3. The van der Waals surface area contributed by atoms with Crippen LogP contribution in [0.15, 0.2) is 0 Å². The summed E-state index contributed by atoms with van der Waals surface area (Å²) in [6, 6.07) is 0. The molecule has 1 saturated heterocycles. The first-order chi connectivity index (χ1) is 15.8. The van der Waals surface area contributed by atoms with Crippen molar-refractivity contribution in [2.24, 2.45) is 58.2 Å². The second kappa shape index (κ2) is 9.32. The lowest BCUT2D eigenvalue weighted by atomic mass is 9.48. The van der Waals surface area contributed by atoms with Crippen LogP contribution in [0.2, 0.25) is 0 Å². The van der Waals surface area contributed by atoms with Gasteiger partial charge in [0.2, 0.25) is 0 Å². The number of carbonyl (C=O) groups excluding carboxylic acids is 1. The number of hydrogen-bond donors (Lipinski definition) is 4. The molecule has 6 nitrogen and oxygen atoms in total. The maximum Gasteiger partial charge on any atom is 0.309 e. The van der Waals surface area contributed by atoms with Crippen LogP contribution >= 0.6 is 0 Å². The van der Waals surface area contributed by atoms with Crippen molar-refractivity contribution in [3.63, 3.8) is 0 Å². The van der Waals surface area contributed by atoms with Gasteiger partial charge in [0.15, 0.2) is 0 Å². The van der Waals surface area contributed by atoms with Gasteiger partial charge >= 0.3 is 5.97 Å². The molecule has 4 aliphatic rings.